The van der Waals surface area contributed by atoms with Crippen molar-refractivity contribution in [3.8, 4) is 5.75 Å². The van der Waals surface area contributed by atoms with Crippen molar-refractivity contribution in [2.75, 3.05) is 32.1 Å². The molecule has 1 saturated heterocycles. The average Bonchev–Trinajstić information content (AvgIpc) is 3.58. The molecule has 0 saturated carbocycles. The zero-order chi connectivity index (χ0) is 24.5. The first-order valence-corrected chi connectivity index (χ1v) is 12.6. The summed E-state index contributed by atoms with van der Waals surface area (Å²) in [5, 5.41) is 8.47. The van der Waals surface area contributed by atoms with Gasteiger partial charge in [0.25, 0.3) is 5.91 Å². The molecular weight excluding hydrogens is 464 g/mol. The highest BCUT2D eigenvalue weighted by Gasteiger charge is 2.21. The Morgan fingerprint density at radius 1 is 1.17 bits per heavy atom. The van der Waals surface area contributed by atoms with Crippen molar-refractivity contribution < 1.29 is 19.1 Å². The van der Waals surface area contributed by atoms with Crippen LogP contribution >= 0.6 is 11.3 Å². The van der Waals surface area contributed by atoms with Crippen molar-refractivity contribution in [2.24, 2.45) is 0 Å². The maximum atomic E-state index is 13.4. The standard InChI is InChI=1S/C26H30N4O4S/c1-33-23-12-6-5-11-21(23)28-26-29-22(18-35-26)25(32)30(17-19-8-3-2-4-9-19)14-13-24(31)27-16-20-10-7-15-34-20/h2-6,8-9,11-12,18,20H,7,10,13-17H2,1H3,(H,27,31)(H,28,29)/t20-/m1/s1. The predicted octanol–water partition coefficient (Wildman–Crippen LogP) is 4.22. The topological polar surface area (TPSA) is 92.8 Å². The third-order valence-electron chi connectivity index (χ3n) is 5.74. The van der Waals surface area contributed by atoms with E-state index in [1.807, 2.05) is 54.6 Å². The normalized spacial score (nSPS) is 14.9. The SMILES string of the molecule is COc1ccccc1Nc1nc(C(=O)N(CCC(=O)NC[C@H]2CCCO2)Cc2ccccc2)cs1. The molecule has 1 aromatic heterocycles. The second-order valence-corrected chi connectivity index (χ2v) is 9.12. The van der Waals surface area contributed by atoms with E-state index < -0.39 is 0 Å². The number of anilines is 2. The van der Waals surface area contributed by atoms with Crippen LogP contribution in [0.15, 0.2) is 60.0 Å². The first kappa shape index (κ1) is 24.7. The lowest BCUT2D eigenvalue weighted by molar-refractivity contribution is -0.121. The van der Waals surface area contributed by atoms with Crippen molar-refractivity contribution in [1.82, 2.24) is 15.2 Å². The van der Waals surface area contributed by atoms with Crippen molar-refractivity contribution in [3.63, 3.8) is 0 Å². The van der Waals surface area contributed by atoms with Gasteiger partial charge in [-0.2, -0.15) is 0 Å². The second kappa shape index (κ2) is 12.3. The number of carbonyl (C=O) groups excluding carboxylic acids is 2. The van der Waals surface area contributed by atoms with E-state index in [0.717, 1.165) is 30.7 Å². The number of hydrogen-bond acceptors (Lipinski definition) is 7. The van der Waals surface area contributed by atoms with Crippen LogP contribution in [0, 0.1) is 0 Å². The molecule has 4 rings (SSSR count). The van der Waals surface area contributed by atoms with Crippen molar-refractivity contribution >= 4 is 34.0 Å². The Hall–Kier alpha value is -3.43. The van der Waals surface area contributed by atoms with E-state index in [2.05, 4.69) is 15.6 Å². The van der Waals surface area contributed by atoms with Crippen LogP contribution in [-0.4, -0.2) is 54.6 Å². The molecule has 1 fully saturated rings. The molecular formula is C26H30N4O4S. The lowest BCUT2D eigenvalue weighted by Crippen LogP contribution is -2.37. The third kappa shape index (κ3) is 7.03. The molecule has 0 spiro atoms. The summed E-state index contributed by atoms with van der Waals surface area (Å²) in [4.78, 5) is 32.0. The number of aromatic nitrogens is 1. The minimum Gasteiger partial charge on any atom is -0.495 e. The highest BCUT2D eigenvalue weighted by Crippen LogP contribution is 2.29. The summed E-state index contributed by atoms with van der Waals surface area (Å²) in [6.45, 7) is 1.94. The first-order valence-electron chi connectivity index (χ1n) is 11.7. The number of hydrogen-bond donors (Lipinski definition) is 2. The van der Waals surface area contributed by atoms with Gasteiger partial charge in [-0.25, -0.2) is 4.98 Å². The molecule has 35 heavy (non-hydrogen) atoms. The Bertz CT molecular complexity index is 1120. The van der Waals surface area contributed by atoms with Crippen LogP contribution in [0.4, 0.5) is 10.8 Å². The van der Waals surface area contributed by atoms with Crippen LogP contribution in [0.2, 0.25) is 0 Å². The van der Waals surface area contributed by atoms with Gasteiger partial charge in [-0.3, -0.25) is 9.59 Å². The zero-order valence-corrected chi connectivity index (χ0v) is 20.6. The quantitative estimate of drug-likeness (QED) is 0.415. The van der Waals surface area contributed by atoms with Gasteiger partial charge in [-0.05, 0) is 30.5 Å². The fraction of sp³-hybridized carbons (Fsp3) is 0.346. The number of methoxy groups -OCH3 is 1. The van der Waals surface area contributed by atoms with E-state index in [0.29, 0.717) is 29.7 Å². The Kier molecular flexibility index (Phi) is 8.69. The number of ether oxygens (including phenoxy) is 2. The van der Waals surface area contributed by atoms with E-state index in [4.69, 9.17) is 9.47 Å². The molecule has 0 unspecified atom stereocenters. The van der Waals surface area contributed by atoms with Gasteiger partial charge in [-0.1, -0.05) is 42.5 Å². The molecule has 2 aromatic carbocycles. The first-order chi connectivity index (χ1) is 17.1. The van der Waals surface area contributed by atoms with Gasteiger partial charge >= 0.3 is 0 Å². The van der Waals surface area contributed by atoms with E-state index >= 15 is 0 Å². The number of amides is 2. The highest BCUT2D eigenvalue weighted by atomic mass is 32.1. The molecule has 2 amide bonds. The van der Waals surface area contributed by atoms with Gasteiger partial charge in [-0.15, -0.1) is 11.3 Å². The summed E-state index contributed by atoms with van der Waals surface area (Å²) in [5.74, 6) is 0.378. The largest absolute Gasteiger partial charge is 0.495 e. The van der Waals surface area contributed by atoms with Gasteiger partial charge in [0.1, 0.15) is 11.4 Å². The third-order valence-corrected chi connectivity index (χ3v) is 6.49. The van der Waals surface area contributed by atoms with Gasteiger partial charge in [0.2, 0.25) is 5.91 Å². The second-order valence-electron chi connectivity index (χ2n) is 8.26. The van der Waals surface area contributed by atoms with Crippen molar-refractivity contribution in [2.45, 2.75) is 31.9 Å². The lowest BCUT2D eigenvalue weighted by atomic mass is 10.2. The van der Waals surface area contributed by atoms with Crippen LogP contribution in [0.5, 0.6) is 5.75 Å². The molecule has 0 aliphatic carbocycles. The number of rotatable bonds is 11. The van der Waals surface area contributed by atoms with Gasteiger partial charge < -0.3 is 25.0 Å². The molecule has 2 heterocycles. The van der Waals surface area contributed by atoms with Crippen LogP contribution in [-0.2, 0) is 16.1 Å². The Balaban J connectivity index is 1.41. The molecule has 184 valence electrons. The highest BCUT2D eigenvalue weighted by molar-refractivity contribution is 7.14. The maximum Gasteiger partial charge on any atom is 0.273 e. The Morgan fingerprint density at radius 2 is 1.97 bits per heavy atom. The van der Waals surface area contributed by atoms with E-state index in [1.165, 1.54) is 11.3 Å². The van der Waals surface area contributed by atoms with Gasteiger partial charge in [0.05, 0.1) is 18.9 Å². The van der Waals surface area contributed by atoms with Crippen LogP contribution in [0.25, 0.3) is 0 Å². The van der Waals surface area contributed by atoms with E-state index in [1.54, 1.807) is 17.4 Å². The van der Waals surface area contributed by atoms with E-state index in [9.17, 15) is 9.59 Å². The average molecular weight is 495 g/mol. The fourth-order valence-corrected chi connectivity index (χ4v) is 4.57. The van der Waals surface area contributed by atoms with Crippen LogP contribution in [0.3, 0.4) is 0 Å². The summed E-state index contributed by atoms with van der Waals surface area (Å²) < 4.78 is 10.9. The maximum absolute atomic E-state index is 13.4. The monoisotopic (exact) mass is 494 g/mol. The molecule has 8 nitrogen and oxygen atoms in total. The molecule has 1 aliphatic heterocycles. The van der Waals surface area contributed by atoms with E-state index in [-0.39, 0.29) is 30.9 Å². The summed E-state index contributed by atoms with van der Waals surface area (Å²) in [6, 6.07) is 17.3. The molecule has 0 radical (unpaired) electrons. The number of carbonyl (C=O) groups is 2. The summed E-state index contributed by atoms with van der Waals surface area (Å²) in [5.41, 5.74) is 2.10. The molecule has 2 N–H and O–H groups in total. The molecule has 9 heteroatoms. The number of nitrogens with one attached hydrogen (secondary N) is 2. The van der Waals surface area contributed by atoms with Gasteiger partial charge in [0.15, 0.2) is 5.13 Å². The number of nitrogens with zero attached hydrogens (tertiary/aromatic N) is 2. The Labute approximate surface area is 209 Å². The van der Waals surface area contributed by atoms with Crippen LogP contribution in [0.1, 0.15) is 35.3 Å². The van der Waals surface area contributed by atoms with Gasteiger partial charge in [0, 0.05) is 38.0 Å². The molecule has 3 aromatic rings. The minimum absolute atomic E-state index is 0.0881. The number of para-hydroxylation sites is 2. The lowest BCUT2D eigenvalue weighted by Gasteiger charge is -2.22. The zero-order valence-electron chi connectivity index (χ0n) is 19.7. The summed E-state index contributed by atoms with van der Waals surface area (Å²) in [7, 11) is 1.61. The van der Waals surface area contributed by atoms with Crippen molar-refractivity contribution in [3.05, 3.63) is 71.2 Å². The molecule has 1 atom stereocenters. The predicted molar refractivity (Wildman–Crippen MR) is 136 cm³/mol. The van der Waals surface area contributed by atoms with Crippen molar-refractivity contribution in [1.29, 1.82) is 0 Å². The fourth-order valence-electron chi connectivity index (χ4n) is 3.87. The number of thiazole rings is 1. The summed E-state index contributed by atoms with van der Waals surface area (Å²) >= 11 is 1.34. The molecule has 0 bridgehead atoms. The number of benzene rings is 2. The minimum atomic E-state index is -0.217. The summed E-state index contributed by atoms with van der Waals surface area (Å²) in [6.07, 6.45) is 2.29. The smallest absolute Gasteiger partial charge is 0.273 e. The van der Waals surface area contributed by atoms with Crippen LogP contribution < -0.4 is 15.4 Å². The molecule has 1 aliphatic rings. The Morgan fingerprint density at radius 3 is 2.74 bits per heavy atom.